The quantitative estimate of drug-likeness (QED) is 0.554. The van der Waals surface area contributed by atoms with Gasteiger partial charge in [-0.1, -0.05) is 36.0 Å². The number of aryl methyl sites for hydroxylation is 1. The fraction of sp³-hybridized carbons (Fsp3) is 0.609. The summed E-state index contributed by atoms with van der Waals surface area (Å²) in [5.41, 5.74) is 3.01. The minimum Gasteiger partial charge on any atom is -0.383 e. The Kier molecular flexibility index (Phi) is 7.63. The van der Waals surface area contributed by atoms with Crippen molar-refractivity contribution in [1.82, 2.24) is 24.6 Å². The minimum absolute atomic E-state index is 0.149. The van der Waals surface area contributed by atoms with E-state index < -0.39 is 0 Å². The summed E-state index contributed by atoms with van der Waals surface area (Å²) in [4.78, 5) is 17.7. The van der Waals surface area contributed by atoms with Gasteiger partial charge in [0.1, 0.15) is 6.33 Å². The zero-order chi connectivity index (χ0) is 21.6. The smallest absolute Gasteiger partial charge is 0.233 e. The fourth-order valence-corrected chi connectivity index (χ4v) is 5.61. The van der Waals surface area contributed by atoms with Gasteiger partial charge in [0.2, 0.25) is 5.91 Å². The predicted molar refractivity (Wildman–Crippen MR) is 122 cm³/mol. The molecule has 0 bridgehead atoms. The van der Waals surface area contributed by atoms with Gasteiger partial charge in [-0.05, 0) is 49.3 Å². The van der Waals surface area contributed by atoms with E-state index in [4.69, 9.17) is 4.74 Å². The van der Waals surface area contributed by atoms with E-state index in [-0.39, 0.29) is 5.91 Å². The zero-order valence-corrected chi connectivity index (χ0v) is 19.4. The number of hydrogen-bond donors (Lipinski definition) is 0. The molecule has 1 amide bonds. The Hall–Kier alpha value is -1.90. The highest BCUT2D eigenvalue weighted by Gasteiger charge is 2.31. The number of hydrogen-bond acceptors (Lipinski definition) is 6. The predicted octanol–water partition coefficient (Wildman–Crippen LogP) is 2.26. The lowest BCUT2D eigenvalue weighted by Gasteiger charge is -2.38. The van der Waals surface area contributed by atoms with Crippen LogP contribution in [0.5, 0.6) is 0 Å². The van der Waals surface area contributed by atoms with Crippen molar-refractivity contribution in [3.63, 3.8) is 0 Å². The summed E-state index contributed by atoms with van der Waals surface area (Å²) in [5, 5.41) is 8.73. The number of aromatic nitrogens is 3. The third kappa shape index (κ3) is 5.67. The third-order valence-corrected chi connectivity index (χ3v) is 7.51. The van der Waals surface area contributed by atoms with Crippen molar-refractivity contribution >= 4 is 17.7 Å². The Morgan fingerprint density at radius 2 is 2.06 bits per heavy atom. The number of amides is 1. The molecule has 1 aliphatic carbocycles. The number of carbonyl (C=O) groups is 1. The van der Waals surface area contributed by atoms with Crippen LogP contribution in [0.1, 0.15) is 24.0 Å². The average molecular weight is 444 g/mol. The first kappa shape index (κ1) is 22.3. The molecule has 1 unspecified atom stereocenters. The lowest BCUT2D eigenvalue weighted by atomic mass is 9.95. The first-order valence-electron chi connectivity index (χ1n) is 11.2. The Balaban J connectivity index is 1.33. The second-order valence-electron chi connectivity index (χ2n) is 8.68. The van der Waals surface area contributed by atoms with Gasteiger partial charge in [0, 0.05) is 39.8 Å². The molecule has 168 valence electrons. The number of methoxy groups -OCH3 is 1. The molecule has 2 aliphatic rings. The summed E-state index contributed by atoms with van der Waals surface area (Å²) in [5.74, 6) is 1.04. The van der Waals surface area contributed by atoms with Crippen molar-refractivity contribution in [2.75, 3.05) is 45.6 Å². The van der Waals surface area contributed by atoms with Crippen molar-refractivity contribution in [3.8, 4) is 0 Å². The molecule has 7 nitrogen and oxygen atoms in total. The highest BCUT2D eigenvalue weighted by Crippen LogP contribution is 2.29. The van der Waals surface area contributed by atoms with Crippen LogP contribution in [0, 0.1) is 5.92 Å². The molecule has 1 atom stereocenters. The lowest BCUT2D eigenvalue weighted by Crippen LogP contribution is -2.47. The van der Waals surface area contributed by atoms with Crippen LogP contribution in [0.4, 0.5) is 0 Å². The van der Waals surface area contributed by atoms with Crippen molar-refractivity contribution in [2.45, 2.75) is 36.9 Å². The van der Waals surface area contributed by atoms with E-state index in [0.29, 0.717) is 30.9 Å². The number of ether oxygens (including phenoxy) is 1. The molecule has 1 aromatic heterocycles. The van der Waals surface area contributed by atoms with E-state index in [0.717, 1.165) is 31.1 Å². The Morgan fingerprint density at radius 3 is 2.74 bits per heavy atom. The highest BCUT2D eigenvalue weighted by molar-refractivity contribution is 7.99. The number of thioether (sulfide) groups is 1. The number of benzene rings is 1. The van der Waals surface area contributed by atoms with Crippen molar-refractivity contribution in [3.05, 3.63) is 41.7 Å². The Labute approximate surface area is 189 Å². The van der Waals surface area contributed by atoms with Crippen LogP contribution in [-0.2, 0) is 29.4 Å². The van der Waals surface area contributed by atoms with E-state index in [1.807, 2.05) is 16.5 Å². The summed E-state index contributed by atoms with van der Waals surface area (Å²) >= 11 is 1.45. The molecular formula is C23H33N5O2S. The third-order valence-electron chi connectivity index (χ3n) is 6.49. The Morgan fingerprint density at radius 1 is 1.29 bits per heavy atom. The van der Waals surface area contributed by atoms with Gasteiger partial charge in [0.05, 0.1) is 12.4 Å². The van der Waals surface area contributed by atoms with Gasteiger partial charge in [-0.3, -0.25) is 9.69 Å². The normalized spacial score (nSPS) is 19.5. The number of piperidine rings is 1. The van der Waals surface area contributed by atoms with Gasteiger partial charge < -0.3 is 14.2 Å². The van der Waals surface area contributed by atoms with Crippen molar-refractivity contribution < 1.29 is 9.53 Å². The standard InChI is InChI=1S/C23H33N5O2S/c1-26-17-24-25-23(26)31-16-22(29)28(10-11-30-2)15-18-6-5-9-27(14-18)21-12-19-7-3-4-8-20(19)13-21/h3-4,7-8,17-18,21H,5-6,9-16H2,1-2H3. The molecule has 1 saturated heterocycles. The molecule has 4 rings (SSSR count). The van der Waals surface area contributed by atoms with E-state index >= 15 is 0 Å². The number of likely N-dealkylation sites (tertiary alicyclic amines) is 1. The van der Waals surface area contributed by atoms with E-state index in [9.17, 15) is 4.79 Å². The summed E-state index contributed by atoms with van der Waals surface area (Å²) < 4.78 is 7.13. The molecule has 0 spiro atoms. The molecule has 31 heavy (non-hydrogen) atoms. The van der Waals surface area contributed by atoms with Crippen LogP contribution in [0.3, 0.4) is 0 Å². The number of nitrogens with zero attached hydrogens (tertiary/aromatic N) is 5. The van der Waals surface area contributed by atoms with Crippen LogP contribution >= 0.6 is 11.8 Å². The monoisotopic (exact) mass is 443 g/mol. The lowest BCUT2D eigenvalue weighted by molar-refractivity contribution is -0.130. The Bertz CT molecular complexity index is 848. The largest absolute Gasteiger partial charge is 0.383 e. The average Bonchev–Trinajstić information content (AvgIpc) is 3.41. The summed E-state index contributed by atoms with van der Waals surface area (Å²) in [6, 6.07) is 9.46. The molecule has 0 radical (unpaired) electrons. The molecule has 1 aliphatic heterocycles. The summed E-state index contributed by atoms with van der Waals surface area (Å²) in [6.07, 6.45) is 6.36. The van der Waals surface area contributed by atoms with E-state index in [2.05, 4.69) is 39.4 Å². The topological polar surface area (TPSA) is 63.5 Å². The highest BCUT2D eigenvalue weighted by atomic mass is 32.2. The maximum Gasteiger partial charge on any atom is 0.233 e. The number of fused-ring (bicyclic) bond motifs is 1. The number of rotatable bonds is 9. The molecule has 0 N–H and O–H groups in total. The second-order valence-corrected chi connectivity index (χ2v) is 9.62. The fourth-order valence-electron chi connectivity index (χ4n) is 4.82. The van der Waals surface area contributed by atoms with Crippen molar-refractivity contribution in [1.29, 1.82) is 0 Å². The molecule has 8 heteroatoms. The molecule has 1 fully saturated rings. The van der Waals surface area contributed by atoms with Crippen molar-refractivity contribution in [2.24, 2.45) is 13.0 Å². The summed E-state index contributed by atoms with van der Waals surface area (Å²) in [6.45, 7) is 4.25. The first-order valence-corrected chi connectivity index (χ1v) is 12.2. The van der Waals surface area contributed by atoms with Gasteiger partial charge in [-0.2, -0.15) is 0 Å². The molecule has 1 aromatic carbocycles. The molecule has 2 heterocycles. The van der Waals surface area contributed by atoms with Crippen LogP contribution in [0.25, 0.3) is 0 Å². The van der Waals surface area contributed by atoms with Crippen LogP contribution in [0.2, 0.25) is 0 Å². The van der Waals surface area contributed by atoms with Crippen LogP contribution < -0.4 is 0 Å². The number of carbonyl (C=O) groups excluding carboxylic acids is 1. The van der Waals surface area contributed by atoms with E-state index in [1.165, 1.54) is 42.3 Å². The SMILES string of the molecule is COCCN(CC1CCCN(C2Cc3ccccc3C2)C1)C(=O)CSc1nncn1C. The first-order chi connectivity index (χ1) is 15.1. The van der Waals surface area contributed by atoms with Gasteiger partial charge in [0.25, 0.3) is 0 Å². The molecule has 0 saturated carbocycles. The van der Waals surface area contributed by atoms with Gasteiger partial charge in [-0.15, -0.1) is 10.2 Å². The second kappa shape index (κ2) is 10.6. The van der Waals surface area contributed by atoms with Gasteiger partial charge in [-0.25, -0.2) is 0 Å². The van der Waals surface area contributed by atoms with E-state index in [1.54, 1.807) is 13.4 Å². The van der Waals surface area contributed by atoms with Gasteiger partial charge >= 0.3 is 0 Å². The maximum absolute atomic E-state index is 13.0. The maximum atomic E-state index is 13.0. The van der Waals surface area contributed by atoms with Gasteiger partial charge in [0.15, 0.2) is 5.16 Å². The molecular weight excluding hydrogens is 410 g/mol. The molecule has 2 aromatic rings. The zero-order valence-electron chi connectivity index (χ0n) is 18.6. The minimum atomic E-state index is 0.149. The van der Waals surface area contributed by atoms with Crippen LogP contribution in [0.15, 0.2) is 35.7 Å². The summed E-state index contributed by atoms with van der Waals surface area (Å²) in [7, 11) is 3.59. The van der Waals surface area contributed by atoms with Crippen LogP contribution in [-0.4, -0.2) is 82.2 Å².